The first-order valence-electron chi connectivity index (χ1n) is 8.41. The third-order valence-electron chi connectivity index (χ3n) is 3.81. The normalized spacial score (nSPS) is 14.6. The van der Waals surface area contributed by atoms with Crippen molar-refractivity contribution in [2.45, 2.75) is 6.92 Å². The zero-order chi connectivity index (χ0) is 21.1. The number of benzene rings is 2. The Bertz CT molecular complexity index is 1060. The van der Waals surface area contributed by atoms with Crippen molar-refractivity contribution in [3.63, 3.8) is 0 Å². The third-order valence-corrected chi connectivity index (χ3v) is 6.73. The van der Waals surface area contributed by atoms with Gasteiger partial charge in [0.2, 0.25) is 5.90 Å². The van der Waals surface area contributed by atoms with Crippen molar-refractivity contribution in [1.29, 1.82) is 0 Å². The van der Waals surface area contributed by atoms with Crippen LogP contribution < -0.4 is 9.47 Å². The topological polar surface area (TPSA) is 57.1 Å². The maximum absolute atomic E-state index is 12.3. The quantitative estimate of drug-likeness (QED) is 0.167. The van der Waals surface area contributed by atoms with Crippen LogP contribution in [0, 0.1) is 3.57 Å². The second-order valence-electron chi connectivity index (χ2n) is 6.24. The molecule has 5 nitrogen and oxygen atoms in total. The molecule has 0 unspecified atom stereocenters. The number of hydrogen-bond donors (Lipinski definition) is 0. The van der Waals surface area contributed by atoms with Crippen LogP contribution in [0.4, 0.5) is 0 Å². The molecule has 0 spiro atoms. The lowest BCUT2D eigenvalue weighted by Gasteiger charge is -2.13. The average Bonchev–Trinajstić information content (AvgIpc) is 3.03. The van der Waals surface area contributed by atoms with E-state index in [0.29, 0.717) is 22.6 Å². The summed E-state index contributed by atoms with van der Waals surface area (Å²) in [5.41, 5.74) is 2.54. The van der Waals surface area contributed by atoms with E-state index in [1.165, 1.54) is 0 Å². The van der Waals surface area contributed by atoms with Gasteiger partial charge in [-0.05, 0) is 109 Å². The van der Waals surface area contributed by atoms with E-state index in [1.807, 2.05) is 31.2 Å². The van der Waals surface area contributed by atoms with E-state index in [-0.39, 0.29) is 11.6 Å². The predicted octanol–water partition coefficient (Wildman–Crippen LogP) is 6.12. The Kier molecular flexibility index (Phi) is 7.18. The fourth-order valence-corrected chi connectivity index (χ4v) is 3.77. The molecule has 0 aliphatic carbocycles. The second-order valence-corrected chi connectivity index (χ2v) is 9.12. The van der Waals surface area contributed by atoms with Gasteiger partial charge in [-0.25, -0.2) is 9.79 Å². The first-order chi connectivity index (χ1) is 13.8. The van der Waals surface area contributed by atoms with Crippen molar-refractivity contribution < 1.29 is 19.0 Å². The molecule has 29 heavy (non-hydrogen) atoms. The van der Waals surface area contributed by atoms with Gasteiger partial charge in [0.25, 0.3) is 0 Å². The number of aliphatic imine (C=N–C) groups is 1. The van der Waals surface area contributed by atoms with Gasteiger partial charge in [-0.3, -0.25) is 0 Å². The van der Waals surface area contributed by atoms with E-state index < -0.39 is 5.97 Å². The van der Waals surface area contributed by atoms with E-state index in [9.17, 15) is 4.79 Å². The first kappa shape index (κ1) is 22.0. The van der Waals surface area contributed by atoms with E-state index in [1.54, 1.807) is 19.3 Å². The Morgan fingerprint density at radius 1 is 1.28 bits per heavy atom. The van der Waals surface area contributed by atoms with Gasteiger partial charge in [0.1, 0.15) is 6.61 Å². The van der Waals surface area contributed by atoms with Crippen LogP contribution in [0.25, 0.3) is 6.08 Å². The number of carbonyl (C=O) groups excluding carboxylic acids is 1. The van der Waals surface area contributed by atoms with Gasteiger partial charge in [0, 0.05) is 13.6 Å². The maximum atomic E-state index is 12.3. The smallest absolute Gasteiger partial charge is 0.363 e. The minimum atomic E-state index is -0.507. The van der Waals surface area contributed by atoms with Crippen LogP contribution in [-0.4, -0.2) is 25.6 Å². The molecule has 0 saturated carbocycles. The van der Waals surface area contributed by atoms with E-state index in [2.05, 4.69) is 66.0 Å². The highest BCUT2D eigenvalue weighted by molar-refractivity contribution is 14.1. The van der Waals surface area contributed by atoms with Crippen molar-refractivity contribution in [3.05, 3.63) is 71.8 Å². The van der Waals surface area contributed by atoms with Crippen LogP contribution in [0.2, 0.25) is 0 Å². The van der Waals surface area contributed by atoms with Crippen molar-refractivity contribution in [2.75, 3.05) is 13.7 Å². The number of nitrogens with zero attached hydrogens (tertiary/aromatic N) is 1. The summed E-state index contributed by atoms with van der Waals surface area (Å²) in [6.45, 7) is 6.09. The first-order valence-corrected chi connectivity index (χ1v) is 11.1. The highest BCUT2D eigenvalue weighted by atomic mass is 127. The summed E-state index contributed by atoms with van der Waals surface area (Å²) >= 11 is 9.18. The second kappa shape index (κ2) is 9.44. The van der Waals surface area contributed by atoms with E-state index >= 15 is 0 Å². The van der Waals surface area contributed by atoms with E-state index in [4.69, 9.17) is 14.2 Å². The highest BCUT2D eigenvalue weighted by Crippen LogP contribution is 2.38. The van der Waals surface area contributed by atoms with Crippen molar-refractivity contribution in [3.8, 4) is 11.5 Å². The fourth-order valence-electron chi connectivity index (χ4n) is 2.48. The monoisotopic (exact) mass is 631 g/mol. The summed E-state index contributed by atoms with van der Waals surface area (Å²) in [4.78, 5) is 16.7. The lowest BCUT2D eigenvalue weighted by atomic mass is 10.1. The van der Waals surface area contributed by atoms with Crippen LogP contribution in [0.5, 0.6) is 11.5 Å². The van der Waals surface area contributed by atoms with Crippen LogP contribution >= 0.6 is 54.5 Å². The molecule has 1 heterocycles. The molecule has 1 aliphatic rings. The maximum Gasteiger partial charge on any atom is 0.363 e. The molecule has 150 valence electrons. The summed E-state index contributed by atoms with van der Waals surface area (Å²) < 4.78 is 19.2. The zero-order valence-electron chi connectivity index (χ0n) is 15.6. The Hall–Kier alpha value is -1.65. The minimum absolute atomic E-state index is 0.208. The number of hydrogen-bond acceptors (Lipinski definition) is 5. The number of carbonyl (C=O) groups is 1. The summed E-state index contributed by atoms with van der Waals surface area (Å²) in [7, 11) is 1.56. The molecule has 0 N–H and O–H groups in total. The standard InChI is InChI=1S/C21H16Br2INO4/c1-11(2)10-28-19-15(23)6-12(8-18(19)27-3)7-17-21(26)29-20(25-17)13-4-5-16(24)14(22)9-13/h4-9H,1,10H2,2-3H3/b17-7-. The molecule has 2 aromatic carbocycles. The van der Waals surface area contributed by atoms with Crippen molar-refractivity contribution in [2.24, 2.45) is 4.99 Å². The van der Waals surface area contributed by atoms with Gasteiger partial charge in [-0.2, -0.15) is 0 Å². The molecule has 0 radical (unpaired) electrons. The van der Waals surface area contributed by atoms with Crippen LogP contribution in [0.3, 0.4) is 0 Å². The predicted molar refractivity (Wildman–Crippen MR) is 128 cm³/mol. The summed E-state index contributed by atoms with van der Waals surface area (Å²) in [6.07, 6.45) is 1.65. The summed E-state index contributed by atoms with van der Waals surface area (Å²) in [5, 5.41) is 0. The molecule has 3 rings (SSSR count). The van der Waals surface area contributed by atoms with Gasteiger partial charge in [-0.1, -0.05) is 6.58 Å². The molecule has 0 amide bonds. The molecular weight excluding hydrogens is 617 g/mol. The van der Waals surface area contributed by atoms with Gasteiger partial charge in [0.15, 0.2) is 17.2 Å². The Morgan fingerprint density at radius 3 is 2.69 bits per heavy atom. The summed E-state index contributed by atoms with van der Waals surface area (Å²) in [6, 6.07) is 9.24. The van der Waals surface area contributed by atoms with Gasteiger partial charge in [-0.15, -0.1) is 0 Å². The molecule has 0 aromatic heterocycles. The highest BCUT2D eigenvalue weighted by Gasteiger charge is 2.25. The Morgan fingerprint density at radius 2 is 2.03 bits per heavy atom. The SMILES string of the molecule is C=C(C)COc1c(Br)cc(/C=C2\N=C(c3ccc(I)c(Br)c3)OC2=O)cc1OC. The Balaban J connectivity index is 1.93. The molecule has 2 aromatic rings. The molecule has 1 aliphatic heterocycles. The van der Waals surface area contributed by atoms with Gasteiger partial charge in [0.05, 0.1) is 11.6 Å². The number of methoxy groups -OCH3 is 1. The molecule has 0 bridgehead atoms. The molecular formula is C21H16Br2INO4. The van der Waals surface area contributed by atoms with Crippen LogP contribution in [-0.2, 0) is 9.53 Å². The molecule has 0 saturated heterocycles. The molecule has 8 heteroatoms. The Labute approximate surface area is 199 Å². The number of esters is 1. The van der Waals surface area contributed by atoms with Gasteiger partial charge < -0.3 is 14.2 Å². The van der Waals surface area contributed by atoms with Gasteiger partial charge >= 0.3 is 5.97 Å². The fraction of sp³-hybridized carbons (Fsp3) is 0.143. The number of halogens is 3. The average molecular weight is 633 g/mol. The zero-order valence-corrected chi connectivity index (χ0v) is 20.9. The lowest BCUT2D eigenvalue weighted by molar-refractivity contribution is -0.129. The third kappa shape index (κ3) is 5.29. The van der Waals surface area contributed by atoms with Crippen molar-refractivity contribution >= 4 is 72.4 Å². The van der Waals surface area contributed by atoms with Crippen LogP contribution in [0.1, 0.15) is 18.1 Å². The number of rotatable bonds is 6. The summed E-state index contributed by atoms with van der Waals surface area (Å²) in [5.74, 6) is 0.863. The van der Waals surface area contributed by atoms with E-state index in [0.717, 1.165) is 24.7 Å². The largest absolute Gasteiger partial charge is 0.493 e. The van der Waals surface area contributed by atoms with Crippen molar-refractivity contribution in [1.82, 2.24) is 0 Å². The lowest BCUT2D eigenvalue weighted by Crippen LogP contribution is -2.05. The number of ether oxygens (including phenoxy) is 3. The minimum Gasteiger partial charge on any atom is -0.493 e. The van der Waals surface area contributed by atoms with Crippen LogP contribution in [0.15, 0.2) is 62.1 Å². The molecule has 0 atom stereocenters. The molecule has 0 fully saturated rings. The number of cyclic esters (lactones) is 1.